The van der Waals surface area contributed by atoms with E-state index in [9.17, 15) is 4.79 Å². The summed E-state index contributed by atoms with van der Waals surface area (Å²) in [7, 11) is 0. The summed E-state index contributed by atoms with van der Waals surface area (Å²) in [6.45, 7) is 0. The SMILES string of the molecule is O=C1CCCC[C@H]1Sc1ncnc2c1oc1ccccc12. The van der Waals surface area contributed by atoms with Crippen molar-refractivity contribution in [2.75, 3.05) is 0 Å². The fourth-order valence-corrected chi connectivity index (χ4v) is 3.95. The van der Waals surface area contributed by atoms with Crippen molar-refractivity contribution in [2.45, 2.75) is 36.0 Å². The Morgan fingerprint density at radius 1 is 1.19 bits per heavy atom. The average Bonchev–Trinajstić information content (AvgIpc) is 2.89. The number of ketones is 1. The van der Waals surface area contributed by atoms with E-state index in [0.717, 1.165) is 40.8 Å². The fraction of sp³-hybridized carbons (Fsp3) is 0.312. The Morgan fingerprint density at radius 2 is 2.10 bits per heavy atom. The molecule has 0 bridgehead atoms. The Kier molecular flexibility index (Phi) is 3.15. The Balaban J connectivity index is 1.79. The van der Waals surface area contributed by atoms with Crippen molar-refractivity contribution in [3.05, 3.63) is 30.6 Å². The molecule has 0 amide bonds. The summed E-state index contributed by atoms with van der Waals surface area (Å²) in [5.41, 5.74) is 2.33. The van der Waals surface area contributed by atoms with Gasteiger partial charge in [-0.05, 0) is 25.0 Å². The molecule has 5 heteroatoms. The number of thioether (sulfide) groups is 1. The highest BCUT2D eigenvalue weighted by atomic mass is 32.2. The minimum Gasteiger partial charge on any atom is -0.451 e. The lowest BCUT2D eigenvalue weighted by atomic mass is 9.99. The molecule has 1 aliphatic carbocycles. The topological polar surface area (TPSA) is 56.0 Å². The normalized spacial score (nSPS) is 19.4. The van der Waals surface area contributed by atoms with Gasteiger partial charge in [0.25, 0.3) is 0 Å². The van der Waals surface area contributed by atoms with E-state index in [0.29, 0.717) is 17.8 Å². The van der Waals surface area contributed by atoms with E-state index in [1.807, 2.05) is 24.3 Å². The smallest absolute Gasteiger partial charge is 0.186 e. The molecule has 0 aliphatic heterocycles. The first-order valence-corrected chi connectivity index (χ1v) is 8.02. The van der Waals surface area contributed by atoms with Crippen molar-refractivity contribution < 1.29 is 9.21 Å². The molecule has 3 aromatic rings. The number of carbonyl (C=O) groups excluding carboxylic acids is 1. The fourth-order valence-electron chi connectivity index (χ4n) is 2.80. The van der Waals surface area contributed by atoms with Crippen LogP contribution in [0.5, 0.6) is 0 Å². The van der Waals surface area contributed by atoms with E-state index in [1.165, 1.54) is 11.8 Å². The molecule has 1 aromatic carbocycles. The van der Waals surface area contributed by atoms with Crippen LogP contribution < -0.4 is 0 Å². The highest BCUT2D eigenvalue weighted by Crippen LogP contribution is 2.36. The van der Waals surface area contributed by atoms with Crippen LogP contribution in [-0.2, 0) is 4.79 Å². The third-order valence-electron chi connectivity index (χ3n) is 3.88. The molecule has 1 saturated carbocycles. The molecule has 1 atom stereocenters. The number of para-hydroxylation sites is 1. The lowest BCUT2D eigenvalue weighted by Gasteiger charge is -2.19. The van der Waals surface area contributed by atoms with Crippen LogP contribution >= 0.6 is 11.8 Å². The molecule has 0 saturated heterocycles. The van der Waals surface area contributed by atoms with Crippen molar-refractivity contribution in [3.8, 4) is 0 Å². The van der Waals surface area contributed by atoms with Gasteiger partial charge in [-0.15, -0.1) is 0 Å². The van der Waals surface area contributed by atoms with Crippen molar-refractivity contribution >= 4 is 39.6 Å². The highest BCUT2D eigenvalue weighted by Gasteiger charge is 2.25. The zero-order valence-electron chi connectivity index (χ0n) is 11.4. The van der Waals surface area contributed by atoms with Gasteiger partial charge >= 0.3 is 0 Å². The molecule has 1 aliphatic rings. The molecule has 21 heavy (non-hydrogen) atoms. The quantitative estimate of drug-likeness (QED) is 0.670. The lowest BCUT2D eigenvalue weighted by Crippen LogP contribution is -2.21. The molecular formula is C16H14N2O2S. The third kappa shape index (κ3) is 2.21. The van der Waals surface area contributed by atoms with Gasteiger partial charge in [0.15, 0.2) is 5.58 Å². The van der Waals surface area contributed by atoms with Gasteiger partial charge in [-0.2, -0.15) is 0 Å². The number of hydrogen-bond acceptors (Lipinski definition) is 5. The first kappa shape index (κ1) is 12.8. The van der Waals surface area contributed by atoms with Crippen molar-refractivity contribution in [2.24, 2.45) is 0 Å². The van der Waals surface area contributed by atoms with E-state index < -0.39 is 0 Å². The monoisotopic (exact) mass is 298 g/mol. The van der Waals surface area contributed by atoms with Crippen LogP contribution in [0.4, 0.5) is 0 Å². The van der Waals surface area contributed by atoms with Crippen LogP contribution in [0.15, 0.2) is 40.0 Å². The molecule has 1 fully saturated rings. The molecule has 0 radical (unpaired) electrons. The maximum Gasteiger partial charge on any atom is 0.186 e. The van der Waals surface area contributed by atoms with Crippen LogP contribution in [0.25, 0.3) is 22.1 Å². The maximum atomic E-state index is 12.0. The highest BCUT2D eigenvalue weighted by molar-refractivity contribution is 8.00. The maximum absolute atomic E-state index is 12.0. The van der Waals surface area contributed by atoms with E-state index in [1.54, 1.807) is 6.33 Å². The number of carbonyl (C=O) groups is 1. The number of nitrogens with zero attached hydrogens (tertiary/aromatic N) is 2. The molecule has 4 nitrogen and oxygen atoms in total. The van der Waals surface area contributed by atoms with Gasteiger partial charge in [-0.1, -0.05) is 30.3 Å². The minimum atomic E-state index is 0.00469. The zero-order valence-corrected chi connectivity index (χ0v) is 12.2. The minimum absolute atomic E-state index is 0.00469. The molecule has 0 unspecified atom stereocenters. The van der Waals surface area contributed by atoms with Crippen molar-refractivity contribution in [3.63, 3.8) is 0 Å². The first-order valence-electron chi connectivity index (χ1n) is 7.14. The number of fused-ring (bicyclic) bond motifs is 3. The standard InChI is InChI=1S/C16H14N2O2S/c19-11-6-2-4-8-13(11)21-16-15-14(17-9-18-16)10-5-1-3-7-12(10)20-15/h1,3,5,7,9,13H,2,4,6,8H2/t13-/m1/s1. The average molecular weight is 298 g/mol. The molecule has 4 rings (SSSR count). The van der Waals surface area contributed by atoms with Gasteiger partial charge in [0.2, 0.25) is 0 Å². The van der Waals surface area contributed by atoms with Crippen LogP contribution in [0.2, 0.25) is 0 Å². The van der Waals surface area contributed by atoms with Gasteiger partial charge < -0.3 is 4.42 Å². The van der Waals surface area contributed by atoms with Crippen LogP contribution in [0.1, 0.15) is 25.7 Å². The summed E-state index contributed by atoms with van der Waals surface area (Å²) in [4.78, 5) is 20.7. The number of rotatable bonds is 2. The number of hydrogen-bond donors (Lipinski definition) is 0. The Hall–Kier alpha value is -1.88. The summed E-state index contributed by atoms with van der Waals surface area (Å²) in [5, 5.41) is 1.77. The lowest BCUT2D eigenvalue weighted by molar-refractivity contribution is -0.119. The molecule has 2 aromatic heterocycles. The number of furan rings is 1. The predicted molar refractivity (Wildman–Crippen MR) is 82.4 cm³/mol. The second-order valence-electron chi connectivity index (χ2n) is 5.27. The van der Waals surface area contributed by atoms with Crippen LogP contribution in [-0.4, -0.2) is 21.0 Å². The first-order chi connectivity index (χ1) is 10.3. The van der Waals surface area contributed by atoms with Crippen molar-refractivity contribution in [1.82, 2.24) is 9.97 Å². The summed E-state index contributed by atoms with van der Waals surface area (Å²) in [6, 6.07) is 7.83. The van der Waals surface area contributed by atoms with E-state index in [-0.39, 0.29) is 5.25 Å². The summed E-state index contributed by atoms with van der Waals surface area (Å²) in [5.74, 6) is 0.328. The number of Topliss-reactive ketones (excluding diaryl/α,β-unsaturated/α-hetero) is 1. The summed E-state index contributed by atoms with van der Waals surface area (Å²) < 4.78 is 5.90. The van der Waals surface area contributed by atoms with Crippen LogP contribution in [0, 0.1) is 0 Å². The molecule has 0 spiro atoms. The van der Waals surface area contributed by atoms with Crippen molar-refractivity contribution in [1.29, 1.82) is 0 Å². The van der Waals surface area contributed by atoms with Crippen LogP contribution in [0.3, 0.4) is 0 Å². The molecule has 2 heterocycles. The Morgan fingerprint density at radius 3 is 3.00 bits per heavy atom. The Bertz CT molecular complexity index is 827. The van der Waals surface area contributed by atoms with Gasteiger partial charge in [-0.25, -0.2) is 9.97 Å². The summed E-state index contributed by atoms with van der Waals surface area (Å²) >= 11 is 1.52. The molecular weight excluding hydrogens is 284 g/mol. The number of aromatic nitrogens is 2. The molecule has 0 N–H and O–H groups in total. The van der Waals surface area contributed by atoms with Gasteiger partial charge in [0.1, 0.15) is 28.2 Å². The number of benzene rings is 1. The van der Waals surface area contributed by atoms with E-state index >= 15 is 0 Å². The van der Waals surface area contributed by atoms with E-state index in [4.69, 9.17) is 4.42 Å². The van der Waals surface area contributed by atoms with E-state index in [2.05, 4.69) is 9.97 Å². The Labute approximate surface area is 125 Å². The van der Waals surface area contributed by atoms with Gasteiger partial charge in [-0.3, -0.25) is 4.79 Å². The largest absolute Gasteiger partial charge is 0.451 e. The predicted octanol–water partition coefficient (Wildman–Crippen LogP) is 3.98. The second kappa shape index (κ2) is 5.15. The third-order valence-corrected chi connectivity index (χ3v) is 5.18. The zero-order chi connectivity index (χ0) is 14.2. The summed E-state index contributed by atoms with van der Waals surface area (Å²) in [6.07, 6.45) is 5.29. The second-order valence-corrected chi connectivity index (χ2v) is 6.46. The van der Waals surface area contributed by atoms with Gasteiger partial charge in [0.05, 0.1) is 5.25 Å². The van der Waals surface area contributed by atoms with Gasteiger partial charge in [0, 0.05) is 11.8 Å². The molecule has 106 valence electrons.